The van der Waals surface area contributed by atoms with Gasteiger partial charge < -0.3 is 35.3 Å². The quantitative estimate of drug-likeness (QED) is 0.0958. The molecule has 10 heteroatoms. The van der Waals surface area contributed by atoms with Crippen LogP contribution in [0.4, 0.5) is 34.1 Å². The minimum absolute atomic E-state index is 0. The SMILES string of the molecule is CCN(c1ccc(CC2=CC(=Nc3ccc(N(CC)C(C)C)cc3)C(N(C)C)=CC2=O)cc1)C(C)C.CCN(c1ccc(N)cc1)C(C)C.CN(C)c1cccc(O)c1.Cl. The molecular formula is C50H72ClN7O2. The molecule has 4 aromatic rings. The molecule has 0 spiro atoms. The van der Waals surface area contributed by atoms with Crippen molar-refractivity contribution in [2.45, 2.75) is 86.9 Å². The Bertz CT molecular complexity index is 1980. The monoisotopic (exact) mass is 838 g/mol. The largest absolute Gasteiger partial charge is 0.508 e. The lowest BCUT2D eigenvalue weighted by Crippen LogP contribution is -2.30. The first-order valence-corrected chi connectivity index (χ1v) is 21.0. The van der Waals surface area contributed by atoms with E-state index in [1.807, 2.05) is 68.3 Å². The fourth-order valence-electron chi connectivity index (χ4n) is 7.04. The van der Waals surface area contributed by atoms with Crippen LogP contribution >= 0.6 is 12.4 Å². The standard InChI is InChI=1S/C31H42N4O.C11H18N2.C8H11NO.ClH/c1-9-34(22(3)4)27-15-11-24(12-16-27)19-25-20-29(30(33(7)8)21-31(25)36)32-26-13-17-28(18-14-26)35(10-2)23(5)6;1-4-13(9(2)3)11-7-5-10(12)6-8-11;1-9(2)7-4-3-5-8(10)6-7;/h11-18,20-23H,9-10,19H2,1-8H3;5-9H,4,12H2,1-3H3;3-6,10H,1-2H3;1H. The number of nitrogens with two attached hydrogens (primary N) is 1. The summed E-state index contributed by atoms with van der Waals surface area (Å²) < 4.78 is 0. The van der Waals surface area contributed by atoms with Gasteiger partial charge in [0.25, 0.3) is 0 Å². The maximum atomic E-state index is 13.0. The Kier molecular flexibility index (Phi) is 20.8. The van der Waals surface area contributed by atoms with Crippen LogP contribution in [-0.4, -0.2) is 87.5 Å². The molecule has 326 valence electrons. The molecule has 0 bridgehead atoms. The normalized spacial score (nSPS) is 12.7. The van der Waals surface area contributed by atoms with E-state index in [-0.39, 0.29) is 18.2 Å². The van der Waals surface area contributed by atoms with E-state index in [4.69, 9.17) is 15.8 Å². The number of benzene rings is 4. The molecule has 0 saturated carbocycles. The number of aromatic hydroxyl groups is 1. The van der Waals surface area contributed by atoms with Crippen LogP contribution in [0.15, 0.2) is 125 Å². The fourth-order valence-corrected chi connectivity index (χ4v) is 7.04. The number of halogens is 1. The van der Waals surface area contributed by atoms with Crippen molar-refractivity contribution in [3.05, 3.63) is 126 Å². The zero-order valence-corrected chi connectivity index (χ0v) is 39.3. The molecule has 1 aliphatic rings. The number of carbonyl (C=O) groups excluding carboxylic acids is 1. The number of aliphatic imine (C=N–C) groups is 1. The van der Waals surface area contributed by atoms with Crippen molar-refractivity contribution in [2.24, 2.45) is 4.99 Å². The Morgan fingerprint density at radius 1 is 0.600 bits per heavy atom. The molecule has 0 amide bonds. The third-order valence-electron chi connectivity index (χ3n) is 10.2. The summed E-state index contributed by atoms with van der Waals surface area (Å²) in [4.78, 5) is 28.9. The number of phenolic OH excluding ortho intramolecular Hbond substituents is 1. The van der Waals surface area contributed by atoms with Crippen LogP contribution in [0, 0.1) is 0 Å². The number of nitrogens with zero attached hydrogens (tertiary/aromatic N) is 6. The summed E-state index contributed by atoms with van der Waals surface area (Å²) in [5.74, 6) is 0.358. The van der Waals surface area contributed by atoms with Crippen LogP contribution in [-0.2, 0) is 11.2 Å². The second-order valence-electron chi connectivity index (χ2n) is 16.0. The summed E-state index contributed by atoms with van der Waals surface area (Å²) in [6.07, 6.45) is 4.26. The van der Waals surface area contributed by atoms with Gasteiger partial charge in [-0.05, 0) is 147 Å². The number of rotatable bonds is 14. The van der Waals surface area contributed by atoms with Crippen molar-refractivity contribution in [1.82, 2.24) is 4.90 Å². The molecular weight excluding hydrogens is 766 g/mol. The van der Waals surface area contributed by atoms with Crippen molar-refractivity contribution in [3.63, 3.8) is 0 Å². The highest BCUT2D eigenvalue weighted by atomic mass is 35.5. The zero-order chi connectivity index (χ0) is 43.8. The third kappa shape index (κ3) is 15.0. The van der Waals surface area contributed by atoms with Gasteiger partial charge in [0.05, 0.1) is 17.1 Å². The Morgan fingerprint density at radius 3 is 1.43 bits per heavy atom. The van der Waals surface area contributed by atoms with E-state index in [1.165, 1.54) is 17.1 Å². The van der Waals surface area contributed by atoms with Gasteiger partial charge in [-0.25, -0.2) is 4.99 Å². The van der Waals surface area contributed by atoms with Gasteiger partial charge in [-0.15, -0.1) is 12.4 Å². The summed E-state index contributed by atoms with van der Waals surface area (Å²) in [6.45, 7) is 22.7. The number of allylic oxidation sites excluding steroid dienone is 3. The highest BCUT2D eigenvalue weighted by Gasteiger charge is 2.21. The van der Waals surface area contributed by atoms with E-state index in [0.29, 0.717) is 30.3 Å². The van der Waals surface area contributed by atoms with Crippen LogP contribution in [0.2, 0.25) is 0 Å². The van der Waals surface area contributed by atoms with Gasteiger partial charge in [-0.3, -0.25) is 4.79 Å². The van der Waals surface area contributed by atoms with Crippen molar-refractivity contribution >= 4 is 58.0 Å². The number of anilines is 5. The zero-order valence-electron chi connectivity index (χ0n) is 38.5. The lowest BCUT2D eigenvalue weighted by Gasteiger charge is -2.27. The van der Waals surface area contributed by atoms with Crippen molar-refractivity contribution in [1.29, 1.82) is 0 Å². The third-order valence-corrected chi connectivity index (χ3v) is 10.2. The predicted octanol–water partition coefficient (Wildman–Crippen LogP) is 10.8. The first-order chi connectivity index (χ1) is 28.0. The molecule has 60 heavy (non-hydrogen) atoms. The van der Waals surface area contributed by atoms with Crippen LogP contribution in [0.5, 0.6) is 5.75 Å². The van der Waals surface area contributed by atoms with Gasteiger partial charge in [0.1, 0.15) is 5.75 Å². The minimum atomic E-state index is 0. The molecule has 0 unspecified atom stereocenters. The van der Waals surface area contributed by atoms with Crippen LogP contribution in [0.3, 0.4) is 0 Å². The maximum absolute atomic E-state index is 13.0. The molecule has 5 rings (SSSR count). The van der Waals surface area contributed by atoms with Gasteiger partial charge in [0.2, 0.25) is 0 Å². The molecule has 0 aromatic heterocycles. The summed E-state index contributed by atoms with van der Waals surface area (Å²) >= 11 is 0. The van der Waals surface area contributed by atoms with E-state index in [0.717, 1.165) is 59.2 Å². The van der Waals surface area contributed by atoms with E-state index in [1.54, 1.807) is 18.2 Å². The van der Waals surface area contributed by atoms with Crippen molar-refractivity contribution in [3.8, 4) is 5.75 Å². The number of hydrogen-bond donors (Lipinski definition) is 2. The predicted molar refractivity (Wildman–Crippen MR) is 264 cm³/mol. The van der Waals surface area contributed by atoms with Crippen molar-refractivity contribution < 1.29 is 9.90 Å². The summed E-state index contributed by atoms with van der Waals surface area (Å²) in [7, 11) is 7.78. The average molecular weight is 839 g/mol. The Labute approximate surface area is 368 Å². The summed E-state index contributed by atoms with van der Waals surface area (Å²) in [6, 6.07) is 33.5. The topological polar surface area (TPSA) is 91.9 Å². The van der Waals surface area contributed by atoms with Gasteiger partial charge in [0.15, 0.2) is 5.78 Å². The molecule has 0 atom stereocenters. The lowest BCUT2D eigenvalue weighted by atomic mass is 9.94. The first kappa shape index (κ1) is 50.7. The Morgan fingerprint density at radius 2 is 1.05 bits per heavy atom. The molecule has 0 radical (unpaired) electrons. The molecule has 0 fully saturated rings. The highest BCUT2D eigenvalue weighted by Crippen LogP contribution is 2.26. The molecule has 0 aliphatic heterocycles. The second kappa shape index (κ2) is 24.6. The lowest BCUT2D eigenvalue weighted by molar-refractivity contribution is -0.111. The highest BCUT2D eigenvalue weighted by molar-refractivity contribution is 6.22. The van der Waals surface area contributed by atoms with Gasteiger partial charge in [-0.1, -0.05) is 18.2 Å². The molecule has 1 aliphatic carbocycles. The van der Waals surface area contributed by atoms with E-state index in [2.05, 4.69) is 138 Å². The minimum Gasteiger partial charge on any atom is -0.508 e. The molecule has 3 N–H and O–H groups in total. The van der Waals surface area contributed by atoms with Crippen LogP contribution < -0.4 is 25.3 Å². The Hall–Kier alpha value is -5.41. The number of carbonyl (C=O) groups is 1. The van der Waals surface area contributed by atoms with Gasteiger partial charge in [0, 0.05) is 119 Å². The number of nitrogen functional groups attached to an aromatic ring is 1. The second-order valence-corrected chi connectivity index (χ2v) is 16.0. The number of phenols is 1. The summed E-state index contributed by atoms with van der Waals surface area (Å²) in [5, 5.41) is 9.04. The van der Waals surface area contributed by atoms with Crippen LogP contribution in [0.1, 0.15) is 67.9 Å². The van der Waals surface area contributed by atoms with E-state index < -0.39 is 0 Å². The van der Waals surface area contributed by atoms with Gasteiger partial charge in [-0.2, -0.15) is 0 Å². The fraction of sp³-hybridized carbons (Fsp3) is 0.400. The average Bonchev–Trinajstić information content (AvgIpc) is 3.19. The molecule has 4 aromatic carbocycles. The van der Waals surface area contributed by atoms with Crippen molar-refractivity contribution in [2.75, 3.05) is 73.2 Å². The van der Waals surface area contributed by atoms with Gasteiger partial charge >= 0.3 is 0 Å². The van der Waals surface area contributed by atoms with E-state index >= 15 is 0 Å². The molecule has 0 saturated heterocycles. The first-order valence-electron chi connectivity index (χ1n) is 21.0. The number of ketones is 1. The molecule has 9 nitrogen and oxygen atoms in total. The smallest absolute Gasteiger partial charge is 0.184 e. The van der Waals surface area contributed by atoms with E-state index in [9.17, 15) is 4.79 Å². The summed E-state index contributed by atoms with van der Waals surface area (Å²) in [5.41, 5.74) is 15.5. The number of hydrogen-bond acceptors (Lipinski definition) is 9. The molecule has 0 heterocycles. The maximum Gasteiger partial charge on any atom is 0.184 e. The Balaban J connectivity index is 0.000000419. The van der Waals surface area contributed by atoms with Crippen LogP contribution in [0.25, 0.3) is 0 Å².